The van der Waals surface area contributed by atoms with Gasteiger partial charge in [0, 0.05) is 6.61 Å². The van der Waals surface area contributed by atoms with Gasteiger partial charge in [-0.1, -0.05) is 13.8 Å². The van der Waals surface area contributed by atoms with Gasteiger partial charge in [-0.05, 0) is 25.3 Å². The van der Waals surface area contributed by atoms with E-state index in [1.54, 1.807) is 0 Å². The minimum atomic E-state index is 0. The number of nitrogens with one attached hydrogen (secondary N) is 1. The van der Waals surface area contributed by atoms with Gasteiger partial charge in [0.1, 0.15) is 6.23 Å². The molecule has 3 heteroatoms. The van der Waals surface area contributed by atoms with E-state index >= 15 is 0 Å². The van der Waals surface area contributed by atoms with E-state index in [1.165, 1.54) is 0 Å². The molecule has 2 nitrogen and oxygen atoms in total. The lowest BCUT2D eigenvalue weighted by Crippen LogP contribution is -2.38. The van der Waals surface area contributed by atoms with E-state index < -0.39 is 0 Å². The number of hydrogen-bond acceptors (Lipinski definition) is 2. The first-order valence-corrected chi connectivity index (χ1v) is 4.14. The predicted octanol–water partition coefficient (Wildman–Crippen LogP) is 1.79. The second kappa shape index (κ2) is 5.81. The Labute approximate surface area is 75.1 Å². The Balaban J connectivity index is 0.000001000. The maximum Gasteiger partial charge on any atom is 0.108 e. The lowest BCUT2D eigenvalue weighted by Gasteiger charge is -2.25. The average molecular weight is 180 g/mol. The molecule has 1 saturated heterocycles. The Kier molecular flexibility index (Phi) is 5.92. The van der Waals surface area contributed by atoms with Crippen LogP contribution in [0.25, 0.3) is 0 Å². The molecule has 1 fully saturated rings. The molecule has 0 aliphatic carbocycles. The molecule has 0 radical (unpaired) electrons. The summed E-state index contributed by atoms with van der Waals surface area (Å²) in [5.74, 6) is 0.732. The van der Waals surface area contributed by atoms with Gasteiger partial charge in [-0.15, -0.1) is 12.4 Å². The van der Waals surface area contributed by atoms with Crippen molar-refractivity contribution in [3.63, 3.8) is 0 Å². The number of hydrogen-bond donors (Lipinski definition) is 1. The van der Waals surface area contributed by atoms with Crippen LogP contribution in [0.4, 0.5) is 0 Å². The third kappa shape index (κ3) is 4.62. The van der Waals surface area contributed by atoms with Crippen molar-refractivity contribution in [1.29, 1.82) is 0 Å². The van der Waals surface area contributed by atoms with Gasteiger partial charge in [-0.3, -0.25) is 5.32 Å². The van der Waals surface area contributed by atoms with Crippen molar-refractivity contribution in [3.05, 3.63) is 0 Å². The van der Waals surface area contributed by atoms with E-state index in [2.05, 4.69) is 19.2 Å². The average Bonchev–Trinajstić information content (AvgIpc) is 1.88. The maximum atomic E-state index is 5.48. The molecule has 1 unspecified atom stereocenters. The summed E-state index contributed by atoms with van der Waals surface area (Å²) in [6, 6.07) is 0. The summed E-state index contributed by atoms with van der Waals surface area (Å²) >= 11 is 0. The Bertz CT molecular complexity index is 92.1. The Morgan fingerprint density at radius 3 is 2.73 bits per heavy atom. The van der Waals surface area contributed by atoms with Gasteiger partial charge in [0.25, 0.3) is 0 Å². The Morgan fingerprint density at radius 1 is 1.55 bits per heavy atom. The zero-order valence-corrected chi connectivity index (χ0v) is 8.12. The standard InChI is InChI=1S/C8H17NO.ClH/c1-7(2)6-8-9-4-3-5-10-8;/h7-9H,3-6H2,1-2H3;1H. The van der Waals surface area contributed by atoms with Crippen molar-refractivity contribution < 1.29 is 4.74 Å². The van der Waals surface area contributed by atoms with E-state index in [4.69, 9.17) is 4.74 Å². The second-order valence-corrected chi connectivity index (χ2v) is 3.30. The third-order valence-corrected chi connectivity index (χ3v) is 1.70. The lowest BCUT2D eigenvalue weighted by molar-refractivity contribution is -0.0106. The van der Waals surface area contributed by atoms with Crippen LogP contribution < -0.4 is 5.32 Å². The molecule has 1 rings (SSSR count). The van der Waals surface area contributed by atoms with Gasteiger partial charge in [0.15, 0.2) is 0 Å². The highest BCUT2D eigenvalue weighted by molar-refractivity contribution is 5.85. The molecule has 0 spiro atoms. The van der Waals surface area contributed by atoms with E-state index in [0.717, 1.165) is 31.9 Å². The van der Waals surface area contributed by atoms with Crippen LogP contribution in [0.3, 0.4) is 0 Å². The SMILES string of the molecule is CC(C)CC1NCCCO1.Cl. The van der Waals surface area contributed by atoms with Crippen molar-refractivity contribution in [3.8, 4) is 0 Å². The monoisotopic (exact) mass is 179 g/mol. The molecule has 0 bridgehead atoms. The van der Waals surface area contributed by atoms with E-state index in [0.29, 0.717) is 6.23 Å². The van der Waals surface area contributed by atoms with Gasteiger partial charge in [0.2, 0.25) is 0 Å². The van der Waals surface area contributed by atoms with Gasteiger partial charge < -0.3 is 4.74 Å². The molecular formula is C8H18ClNO. The molecule has 0 saturated carbocycles. The quantitative estimate of drug-likeness (QED) is 0.698. The minimum Gasteiger partial charge on any atom is -0.363 e. The molecule has 0 aromatic rings. The fraction of sp³-hybridized carbons (Fsp3) is 1.00. The molecule has 0 aromatic carbocycles. The second-order valence-electron chi connectivity index (χ2n) is 3.30. The fourth-order valence-corrected chi connectivity index (χ4v) is 1.20. The Hall–Kier alpha value is 0.210. The number of halogens is 1. The summed E-state index contributed by atoms with van der Waals surface area (Å²) in [7, 11) is 0. The first-order chi connectivity index (χ1) is 4.79. The molecule has 1 aliphatic rings. The van der Waals surface area contributed by atoms with Crippen LogP contribution in [-0.2, 0) is 4.74 Å². The van der Waals surface area contributed by atoms with Gasteiger partial charge in [0.05, 0.1) is 0 Å². The van der Waals surface area contributed by atoms with Crippen molar-refractivity contribution >= 4 is 12.4 Å². The zero-order chi connectivity index (χ0) is 7.40. The molecular weight excluding hydrogens is 162 g/mol. The largest absolute Gasteiger partial charge is 0.363 e. The first kappa shape index (κ1) is 11.2. The highest BCUT2D eigenvalue weighted by atomic mass is 35.5. The van der Waals surface area contributed by atoms with Crippen LogP contribution in [0, 0.1) is 5.92 Å². The molecule has 11 heavy (non-hydrogen) atoms. The predicted molar refractivity (Wildman–Crippen MR) is 49.1 cm³/mol. The summed E-state index contributed by atoms with van der Waals surface area (Å²) in [6.07, 6.45) is 2.63. The van der Waals surface area contributed by atoms with Crippen molar-refractivity contribution in [2.75, 3.05) is 13.2 Å². The molecule has 68 valence electrons. The topological polar surface area (TPSA) is 21.3 Å². The van der Waals surface area contributed by atoms with Crippen molar-refractivity contribution in [2.45, 2.75) is 32.9 Å². The van der Waals surface area contributed by atoms with Gasteiger partial charge in [-0.25, -0.2) is 0 Å². The summed E-state index contributed by atoms with van der Waals surface area (Å²) in [5.41, 5.74) is 0. The normalized spacial score (nSPS) is 24.8. The van der Waals surface area contributed by atoms with E-state index in [-0.39, 0.29) is 12.4 Å². The smallest absolute Gasteiger partial charge is 0.108 e. The highest BCUT2D eigenvalue weighted by Gasteiger charge is 2.13. The van der Waals surface area contributed by atoms with Crippen molar-refractivity contribution in [2.24, 2.45) is 5.92 Å². The zero-order valence-electron chi connectivity index (χ0n) is 7.30. The molecule has 1 heterocycles. The van der Waals surface area contributed by atoms with Crippen LogP contribution in [0.5, 0.6) is 0 Å². The lowest BCUT2D eigenvalue weighted by atomic mass is 10.1. The van der Waals surface area contributed by atoms with Crippen LogP contribution >= 0.6 is 12.4 Å². The number of rotatable bonds is 2. The van der Waals surface area contributed by atoms with Gasteiger partial charge in [-0.2, -0.15) is 0 Å². The summed E-state index contributed by atoms with van der Waals surface area (Å²) < 4.78 is 5.48. The minimum absolute atomic E-state index is 0. The molecule has 0 amide bonds. The Morgan fingerprint density at radius 2 is 2.27 bits per heavy atom. The molecule has 1 aliphatic heterocycles. The molecule has 1 atom stereocenters. The third-order valence-electron chi connectivity index (χ3n) is 1.70. The summed E-state index contributed by atoms with van der Waals surface area (Å²) in [4.78, 5) is 0. The van der Waals surface area contributed by atoms with Crippen LogP contribution in [0.2, 0.25) is 0 Å². The maximum absolute atomic E-state index is 5.48. The van der Waals surface area contributed by atoms with Crippen molar-refractivity contribution in [1.82, 2.24) is 5.32 Å². The number of ether oxygens (including phenoxy) is 1. The fourth-order valence-electron chi connectivity index (χ4n) is 1.20. The van der Waals surface area contributed by atoms with Crippen LogP contribution in [0.1, 0.15) is 26.7 Å². The van der Waals surface area contributed by atoms with Crippen LogP contribution in [0.15, 0.2) is 0 Å². The van der Waals surface area contributed by atoms with E-state index in [9.17, 15) is 0 Å². The first-order valence-electron chi connectivity index (χ1n) is 4.14. The molecule has 1 N–H and O–H groups in total. The molecule has 0 aromatic heterocycles. The van der Waals surface area contributed by atoms with Crippen LogP contribution in [-0.4, -0.2) is 19.4 Å². The van der Waals surface area contributed by atoms with Gasteiger partial charge >= 0.3 is 0 Å². The highest BCUT2D eigenvalue weighted by Crippen LogP contribution is 2.08. The van der Waals surface area contributed by atoms with E-state index in [1.807, 2.05) is 0 Å². The summed E-state index contributed by atoms with van der Waals surface area (Å²) in [5, 5.41) is 3.33. The summed E-state index contributed by atoms with van der Waals surface area (Å²) in [6.45, 7) is 6.50.